The minimum absolute atomic E-state index is 0. The van der Waals surface area contributed by atoms with Gasteiger partial charge in [0.2, 0.25) is 11.9 Å². The predicted octanol–water partition coefficient (Wildman–Crippen LogP) is 3.85. The molecule has 0 atom stereocenters. The van der Waals surface area contributed by atoms with Crippen molar-refractivity contribution in [2.75, 3.05) is 44.2 Å². The highest BCUT2D eigenvalue weighted by atomic mass is 35.5. The SMILES string of the molecule is CC(=O)n1ccc2c(N3CCN(CCCOc4ccc(F)nc4)CC3)cccc21.Cl. The molecule has 1 aliphatic rings. The number of fused-ring (bicyclic) bond motifs is 1. The van der Waals surface area contributed by atoms with Crippen molar-refractivity contribution in [1.82, 2.24) is 14.5 Å². The summed E-state index contributed by atoms with van der Waals surface area (Å²) in [6.07, 6.45) is 4.17. The van der Waals surface area contributed by atoms with Gasteiger partial charge in [-0.05, 0) is 36.8 Å². The van der Waals surface area contributed by atoms with Crippen LogP contribution >= 0.6 is 12.4 Å². The Hall–Kier alpha value is -2.64. The van der Waals surface area contributed by atoms with Crippen molar-refractivity contribution in [2.45, 2.75) is 13.3 Å². The molecule has 0 radical (unpaired) electrons. The van der Waals surface area contributed by atoms with Crippen LogP contribution in [0.5, 0.6) is 5.75 Å². The predicted molar refractivity (Wildman–Crippen MR) is 118 cm³/mol. The molecule has 1 saturated heterocycles. The molecule has 1 aliphatic heterocycles. The van der Waals surface area contributed by atoms with Gasteiger partial charge in [0.25, 0.3) is 0 Å². The van der Waals surface area contributed by atoms with Crippen LogP contribution in [0.15, 0.2) is 48.8 Å². The van der Waals surface area contributed by atoms with Gasteiger partial charge in [0.05, 0.1) is 18.3 Å². The van der Waals surface area contributed by atoms with E-state index in [0.717, 1.165) is 50.0 Å². The Balaban J connectivity index is 0.00000256. The summed E-state index contributed by atoms with van der Waals surface area (Å²) in [6.45, 7) is 7.02. The average Bonchev–Trinajstić information content (AvgIpc) is 3.18. The normalized spacial score (nSPS) is 14.5. The van der Waals surface area contributed by atoms with Crippen LogP contribution in [0.1, 0.15) is 18.1 Å². The lowest BCUT2D eigenvalue weighted by Gasteiger charge is -2.36. The lowest BCUT2D eigenvalue weighted by Crippen LogP contribution is -2.46. The standard InChI is InChI=1S/C22H25FN4O2.ClH/c1-17(28)27-10-8-19-20(4-2-5-21(19)27)26-13-11-25(12-14-26)9-3-15-29-18-6-7-22(23)24-16-18;/h2,4-8,10,16H,3,9,11-15H2,1H3;1H. The molecule has 0 N–H and O–H groups in total. The van der Waals surface area contributed by atoms with Crippen LogP contribution in [-0.2, 0) is 0 Å². The van der Waals surface area contributed by atoms with Crippen LogP contribution < -0.4 is 9.64 Å². The lowest BCUT2D eigenvalue weighted by molar-refractivity contribution is 0.0941. The molecule has 0 bridgehead atoms. The maximum atomic E-state index is 12.8. The van der Waals surface area contributed by atoms with E-state index in [1.54, 1.807) is 17.6 Å². The summed E-state index contributed by atoms with van der Waals surface area (Å²) in [7, 11) is 0. The van der Waals surface area contributed by atoms with Gasteiger partial charge >= 0.3 is 0 Å². The molecule has 4 rings (SSSR count). The third-order valence-electron chi connectivity index (χ3n) is 5.35. The van der Waals surface area contributed by atoms with E-state index in [2.05, 4.69) is 20.9 Å². The van der Waals surface area contributed by atoms with Crippen LogP contribution in [0.25, 0.3) is 10.9 Å². The van der Waals surface area contributed by atoms with Crippen LogP contribution in [0, 0.1) is 5.95 Å². The number of nitrogens with zero attached hydrogens (tertiary/aromatic N) is 4. The van der Waals surface area contributed by atoms with E-state index < -0.39 is 5.95 Å². The zero-order valence-corrected chi connectivity index (χ0v) is 17.8. The highest BCUT2D eigenvalue weighted by molar-refractivity contribution is 5.98. The molecule has 160 valence electrons. The Morgan fingerprint density at radius 2 is 1.93 bits per heavy atom. The van der Waals surface area contributed by atoms with E-state index in [-0.39, 0.29) is 18.3 Å². The van der Waals surface area contributed by atoms with Crippen LogP contribution in [0.4, 0.5) is 10.1 Å². The second kappa shape index (κ2) is 9.91. The van der Waals surface area contributed by atoms with Gasteiger partial charge in [-0.25, -0.2) is 4.98 Å². The van der Waals surface area contributed by atoms with Gasteiger partial charge in [0, 0.05) is 56.9 Å². The molecule has 0 unspecified atom stereocenters. The minimum atomic E-state index is -0.497. The molecule has 0 spiro atoms. The monoisotopic (exact) mass is 432 g/mol. The van der Waals surface area contributed by atoms with E-state index in [4.69, 9.17) is 4.74 Å². The molecule has 30 heavy (non-hydrogen) atoms. The highest BCUT2D eigenvalue weighted by Crippen LogP contribution is 2.28. The molecule has 3 aromatic rings. The van der Waals surface area contributed by atoms with Crippen LogP contribution in [0.2, 0.25) is 0 Å². The number of anilines is 1. The molecule has 0 amide bonds. The van der Waals surface area contributed by atoms with E-state index in [9.17, 15) is 9.18 Å². The quantitative estimate of drug-likeness (QED) is 0.437. The number of piperazine rings is 1. The van der Waals surface area contributed by atoms with E-state index in [1.165, 1.54) is 18.0 Å². The summed E-state index contributed by atoms with van der Waals surface area (Å²) in [4.78, 5) is 20.2. The highest BCUT2D eigenvalue weighted by Gasteiger charge is 2.19. The Morgan fingerprint density at radius 3 is 2.63 bits per heavy atom. The number of carbonyl (C=O) groups is 1. The number of ether oxygens (including phenoxy) is 1. The number of benzene rings is 1. The van der Waals surface area contributed by atoms with Gasteiger partial charge in [-0.3, -0.25) is 14.3 Å². The second-order valence-electron chi connectivity index (χ2n) is 7.26. The van der Waals surface area contributed by atoms with Gasteiger partial charge in [0.15, 0.2) is 0 Å². The minimum Gasteiger partial charge on any atom is -0.492 e. The maximum absolute atomic E-state index is 12.8. The second-order valence-corrected chi connectivity index (χ2v) is 7.26. The first-order valence-electron chi connectivity index (χ1n) is 9.94. The molecular weight excluding hydrogens is 407 g/mol. The number of hydrogen-bond acceptors (Lipinski definition) is 5. The lowest BCUT2D eigenvalue weighted by atomic mass is 10.1. The van der Waals surface area contributed by atoms with Gasteiger partial charge < -0.3 is 9.64 Å². The summed E-state index contributed by atoms with van der Waals surface area (Å²) >= 11 is 0. The molecule has 1 aromatic carbocycles. The summed E-state index contributed by atoms with van der Waals surface area (Å²) in [5.41, 5.74) is 2.15. The third kappa shape index (κ3) is 4.91. The number of aromatic nitrogens is 2. The molecule has 0 aliphatic carbocycles. The van der Waals surface area contributed by atoms with Crippen molar-refractivity contribution in [2.24, 2.45) is 0 Å². The Bertz CT molecular complexity index is 984. The Kier molecular flexibility index (Phi) is 7.29. The fourth-order valence-electron chi connectivity index (χ4n) is 3.84. The van der Waals surface area contributed by atoms with Crippen LogP contribution in [0.3, 0.4) is 0 Å². The maximum Gasteiger partial charge on any atom is 0.227 e. The summed E-state index contributed by atoms with van der Waals surface area (Å²) in [5, 5.41) is 1.12. The molecule has 8 heteroatoms. The zero-order chi connectivity index (χ0) is 20.2. The smallest absolute Gasteiger partial charge is 0.227 e. The van der Waals surface area contributed by atoms with Gasteiger partial charge in [-0.1, -0.05) is 6.07 Å². The summed E-state index contributed by atoms with van der Waals surface area (Å²) in [6, 6.07) is 11.1. The third-order valence-corrected chi connectivity index (χ3v) is 5.35. The van der Waals surface area contributed by atoms with Crippen molar-refractivity contribution in [3.63, 3.8) is 0 Å². The first-order valence-corrected chi connectivity index (χ1v) is 9.94. The van der Waals surface area contributed by atoms with E-state index in [1.807, 2.05) is 24.4 Å². The largest absolute Gasteiger partial charge is 0.492 e. The number of hydrogen-bond donors (Lipinski definition) is 0. The molecule has 2 aromatic heterocycles. The van der Waals surface area contributed by atoms with Crippen molar-refractivity contribution < 1.29 is 13.9 Å². The molecule has 3 heterocycles. The van der Waals surface area contributed by atoms with Gasteiger partial charge in [-0.15, -0.1) is 12.4 Å². The fourth-order valence-corrected chi connectivity index (χ4v) is 3.84. The van der Waals surface area contributed by atoms with Gasteiger partial charge in [0.1, 0.15) is 5.75 Å². The van der Waals surface area contributed by atoms with E-state index >= 15 is 0 Å². The molecule has 0 saturated carbocycles. The zero-order valence-electron chi connectivity index (χ0n) is 17.0. The van der Waals surface area contributed by atoms with Crippen molar-refractivity contribution in [1.29, 1.82) is 0 Å². The number of rotatable bonds is 6. The van der Waals surface area contributed by atoms with Crippen molar-refractivity contribution in [3.05, 3.63) is 54.7 Å². The fraction of sp³-hybridized carbons (Fsp3) is 0.364. The first-order chi connectivity index (χ1) is 14.1. The Labute approximate surface area is 181 Å². The van der Waals surface area contributed by atoms with Crippen LogP contribution in [-0.4, -0.2) is 59.7 Å². The number of halogens is 2. The van der Waals surface area contributed by atoms with Gasteiger partial charge in [-0.2, -0.15) is 4.39 Å². The number of pyridine rings is 1. The topological polar surface area (TPSA) is 50.6 Å². The summed E-state index contributed by atoms with van der Waals surface area (Å²) in [5.74, 6) is 0.131. The van der Waals surface area contributed by atoms with Crippen molar-refractivity contribution in [3.8, 4) is 5.75 Å². The van der Waals surface area contributed by atoms with Crippen molar-refractivity contribution >= 4 is 34.9 Å². The molecule has 6 nitrogen and oxygen atoms in total. The number of carbonyl (C=O) groups excluding carboxylic acids is 1. The first kappa shape index (κ1) is 22.1. The Morgan fingerprint density at radius 1 is 1.13 bits per heavy atom. The molecular formula is C22H26ClFN4O2. The average molecular weight is 433 g/mol. The molecule has 1 fully saturated rings. The summed E-state index contributed by atoms with van der Waals surface area (Å²) < 4.78 is 20.1. The van der Waals surface area contributed by atoms with E-state index in [0.29, 0.717) is 12.4 Å².